The lowest BCUT2D eigenvalue weighted by Gasteiger charge is -2.46. The van der Waals surface area contributed by atoms with Gasteiger partial charge in [0.1, 0.15) is 0 Å². The van der Waals surface area contributed by atoms with Gasteiger partial charge in [-0.15, -0.1) is 0 Å². The van der Waals surface area contributed by atoms with Gasteiger partial charge in [0.05, 0.1) is 12.5 Å². The molecule has 2 saturated carbocycles. The SMILES string of the molecule is COC(=O)C12CCCCC1=CC1CCCCC1C2. The van der Waals surface area contributed by atoms with Crippen LogP contribution in [0, 0.1) is 17.3 Å². The molecular formula is C16H24O2. The van der Waals surface area contributed by atoms with E-state index in [2.05, 4.69) is 6.08 Å². The molecule has 3 rings (SSSR count). The standard InChI is InChI=1S/C16H24O2/c1-18-15(17)16-9-5-4-8-14(16)10-12-6-2-3-7-13(12)11-16/h10,12-13H,2-9,11H2,1H3. The van der Waals surface area contributed by atoms with Gasteiger partial charge < -0.3 is 4.74 Å². The van der Waals surface area contributed by atoms with Crippen LogP contribution in [0.15, 0.2) is 11.6 Å². The Hall–Kier alpha value is -0.790. The number of hydrogen-bond acceptors (Lipinski definition) is 2. The average molecular weight is 248 g/mol. The van der Waals surface area contributed by atoms with Crippen molar-refractivity contribution in [2.75, 3.05) is 7.11 Å². The molecule has 0 heterocycles. The fourth-order valence-electron chi connectivity index (χ4n) is 4.55. The Morgan fingerprint density at radius 3 is 2.94 bits per heavy atom. The van der Waals surface area contributed by atoms with Gasteiger partial charge in [0.25, 0.3) is 0 Å². The topological polar surface area (TPSA) is 26.3 Å². The molecule has 3 aliphatic carbocycles. The second-order valence-corrected chi connectivity index (χ2v) is 6.39. The first kappa shape index (κ1) is 12.3. The van der Waals surface area contributed by atoms with Crippen LogP contribution in [0.5, 0.6) is 0 Å². The lowest BCUT2D eigenvalue weighted by molar-refractivity contribution is -0.153. The maximum atomic E-state index is 12.3. The molecule has 18 heavy (non-hydrogen) atoms. The first-order valence-corrected chi connectivity index (χ1v) is 7.56. The maximum Gasteiger partial charge on any atom is 0.315 e. The third kappa shape index (κ3) is 1.81. The minimum absolute atomic E-state index is 0.0393. The summed E-state index contributed by atoms with van der Waals surface area (Å²) in [5.41, 5.74) is 1.19. The zero-order valence-electron chi connectivity index (χ0n) is 11.4. The fraction of sp³-hybridized carbons (Fsp3) is 0.812. The quantitative estimate of drug-likeness (QED) is 0.520. The molecule has 0 N–H and O–H groups in total. The molecule has 0 aromatic heterocycles. The highest BCUT2D eigenvalue weighted by Crippen LogP contribution is 2.54. The molecule has 0 saturated heterocycles. The second-order valence-electron chi connectivity index (χ2n) is 6.39. The molecule has 3 atom stereocenters. The van der Waals surface area contributed by atoms with E-state index in [1.54, 1.807) is 7.11 Å². The number of ether oxygens (including phenoxy) is 1. The molecular weight excluding hydrogens is 224 g/mol. The lowest BCUT2D eigenvalue weighted by atomic mass is 9.57. The number of hydrogen-bond donors (Lipinski definition) is 0. The highest BCUT2D eigenvalue weighted by atomic mass is 16.5. The third-order valence-corrected chi connectivity index (χ3v) is 5.48. The molecule has 0 radical (unpaired) electrons. The predicted octanol–water partition coefficient (Wildman–Crippen LogP) is 3.86. The van der Waals surface area contributed by atoms with Crippen molar-refractivity contribution in [3.05, 3.63) is 11.6 Å². The summed E-state index contributed by atoms with van der Waals surface area (Å²) in [7, 11) is 1.55. The third-order valence-electron chi connectivity index (χ3n) is 5.48. The number of methoxy groups -OCH3 is 1. The van der Waals surface area contributed by atoms with Crippen molar-refractivity contribution in [3.8, 4) is 0 Å². The van der Waals surface area contributed by atoms with Crippen LogP contribution >= 0.6 is 0 Å². The zero-order valence-corrected chi connectivity index (χ0v) is 11.4. The Morgan fingerprint density at radius 2 is 2.11 bits per heavy atom. The number of rotatable bonds is 1. The van der Waals surface area contributed by atoms with Gasteiger partial charge in [0.2, 0.25) is 0 Å². The van der Waals surface area contributed by atoms with Gasteiger partial charge in [0.15, 0.2) is 0 Å². The van der Waals surface area contributed by atoms with E-state index in [4.69, 9.17) is 4.74 Å². The van der Waals surface area contributed by atoms with Crippen LogP contribution in [0.2, 0.25) is 0 Å². The van der Waals surface area contributed by atoms with Crippen molar-refractivity contribution in [1.82, 2.24) is 0 Å². The summed E-state index contributed by atoms with van der Waals surface area (Å²) in [6, 6.07) is 0. The Bertz CT molecular complexity index is 371. The number of carbonyl (C=O) groups is 1. The van der Waals surface area contributed by atoms with E-state index >= 15 is 0 Å². The van der Waals surface area contributed by atoms with Crippen molar-refractivity contribution in [2.24, 2.45) is 17.3 Å². The molecule has 0 aromatic rings. The number of allylic oxidation sites excluding steroid dienone is 1. The van der Waals surface area contributed by atoms with E-state index < -0.39 is 0 Å². The van der Waals surface area contributed by atoms with Gasteiger partial charge in [0, 0.05) is 0 Å². The molecule has 2 fully saturated rings. The average Bonchev–Trinajstić information content (AvgIpc) is 2.43. The molecule has 100 valence electrons. The van der Waals surface area contributed by atoms with Crippen LogP contribution in [0.4, 0.5) is 0 Å². The van der Waals surface area contributed by atoms with Gasteiger partial charge in [-0.3, -0.25) is 4.79 Å². The van der Waals surface area contributed by atoms with Crippen LogP contribution in [0.3, 0.4) is 0 Å². The van der Waals surface area contributed by atoms with Crippen molar-refractivity contribution in [2.45, 2.75) is 57.8 Å². The van der Waals surface area contributed by atoms with E-state index in [0.717, 1.165) is 31.1 Å². The lowest BCUT2D eigenvalue weighted by Crippen LogP contribution is -2.43. The van der Waals surface area contributed by atoms with Crippen molar-refractivity contribution < 1.29 is 9.53 Å². The fourth-order valence-corrected chi connectivity index (χ4v) is 4.55. The minimum atomic E-state index is -0.231. The molecule has 2 nitrogen and oxygen atoms in total. The molecule has 3 aliphatic rings. The normalized spacial score (nSPS) is 39.3. The van der Waals surface area contributed by atoms with Crippen LogP contribution < -0.4 is 0 Å². The summed E-state index contributed by atoms with van der Waals surface area (Å²) in [4.78, 5) is 12.3. The number of carbonyl (C=O) groups excluding carboxylic acids is 1. The summed E-state index contributed by atoms with van der Waals surface area (Å²) in [6.45, 7) is 0. The first-order valence-electron chi connectivity index (χ1n) is 7.56. The summed E-state index contributed by atoms with van der Waals surface area (Å²) in [5.74, 6) is 1.53. The van der Waals surface area contributed by atoms with Crippen molar-refractivity contribution in [1.29, 1.82) is 0 Å². The molecule has 0 aliphatic heterocycles. The Morgan fingerprint density at radius 1 is 1.28 bits per heavy atom. The summed E-state index contributed by atoms with van der Waals surface area (Å²) in [6.07, 6.45) is 13.5. The first-order chi connectivity index (χ1) is 8.76. The monoisotopic (exact) mass is 248 g/mol. The summed E-state index contributed by atoms with van der Waals surface area (Å²) < 4.78 is 5.15. The Balaban J connectivity index is 1.95. The van der Waals surface area contributed by atoms with E-state index in [-0.39, 0.29) is 11.4 Å². The van der Waals surface area contributed by atoms with Crippen LogP contribution in [-0.2, 0) is 9.53 Å². The molecule has 2 heteroatoms. The summed E-state index contributed by atoms with van der Waals surface area (Å²) in [5, 5.41) is 0. The Labute approximate surface area is 110 Å². The predicted molar refractivity (Wildman–Crippen MR) is 71.1 cm³/mol. The largest absolute Gasteiger partial charge is 0.468 e. The zero-order chi connectivity index (χ0) is 12.6. The highest BCUT2D eigenvalue weighted by Gasteiger charge is 2.49. The van der Waals surface area contributed by atoms with Gasteiger partial charge >= 0.3 is 5.97 Å². The molecule has 0 spiro atoms. The smallest absolute Gasteiger partial charge is 0.315 e. The van der Waals surface area contributed by atoms with E-state index in [0.29, 0.717) is 0 Å². The van der Waals surface area contributed by atoms with Gasteiger partial charge in [-0.25, -0.2) is 0 Å². The maximum absolute atomic E-state index is 12.3. The van der Waals surface area contributed by atoms with Gasteiger partial charge in [-0.2, -0.15) is 0 Å². The number of fused-ring (bicyclic) bond motifs is 2. The van der Waals surface area contributed by atoms with E-state index in [9.17, 15) is 4.79 Å². The molecule has 0 aromatic carbocycles. The van der Waals surface area contributed by atoms with Gasteiger partial charge in [-0.1, -0.05) is 30.9 Å². The number of esters is 1. The molecule has 0 bridgehead atoms. The summed E-state index contributed by atoms with van der Waals surface area (Å²) >= 11 is 0. The van der Waals surface area contributed by atoms with Crippen LogP contribution in [0.25, 0.3) is 0 Å². The van der Waals surface area contributed by atoms with Crippen LogP contribution in [0.1, 0.15) is 57.8 Å². The van der Waals surface area contributed by atoms with Crippen molar-refractivity contribution >= 4 is 5.97 Å². The molecule has 0 amide bonds. The highest BCUT2D eigenvalue weighted by molar-refractivity contribution is 5.81. The van der Waals surface area contributed by atoms with Gasteiger partial charge in [-0.05, 0) is 50.4 Å². The second kappa shape index (κ2) is 4.71. The molecule has 3 unspecified atom stereocenters. The minimum Gasteiger partial charge on any atom is -0.468 e. The van der Waals surface area contributed by atoms with Crippen LogP contribution in [-0.4, -0.2) is 13.1 Å². The Kier molecular flexibility index (Phi) is 3.21. The van der Waals surface area contributed by atoms with E-state index in [1.807, 2.05) is 0 Å². The van der Waals surface area contributed by atoms with E-state index in [1.165, 1.54) is 44.1 Å². The van der Waals surface area contributed by atoms with Crippen molar-refractivity contribution in [3.63, 3.8) is 0 Å².